The van der Waals surface area contributed by atoms with Gasteiger partial charge in [0.05, 0.1) is 0 Å². The standard InChI is InChI=1S/Ba.6H2O.Sr.2Ti/h;6*1H2;;;/q+2;;;;;;;+2;;/p-4. The van der Waals surface area contributed by atoms with Crippen LogP contribution >= 0.6 is 0 Å². The zero-order valence-electron chi connectivity index (χ0n) is 5.20. The Bertz CT molecular complexity index is 15.7. The summed E-state index contributed by atoms with van der Waals surface area (Å²) in [6.45, 7) is 0. The van der Waals surface area contributed by atoms with E-state index in [4.69, 9.17) is 0 Å². The van der Waals surface area contributed by atoms with Crippen molar-refractivity contribution >= 4 is 94.4 Å². The van der Waals surface area contributed by atoms with Gasteiger partial charge in [0.1, 0.15) is 0 Å². The average Bonchev–Trinajstić information content (AvgIpc) is 0. The normalized spacial score (nSPS) is 0. The molecule has 0 rings (SSSR count). The quantitative estimate of drug-likeness (QED) is 0.373. The van der Waals surface area contributed by atoms with Crippen LogP contribution in [-0.2, 0) is 43.4 Å². The smallest absolute Gasteiger partial charge is 0.870 e. The van der Waals surface area contributed by atoms with Crippen LogP contribution in [0, 0.1) is 0 Å². The third-order valence-electron chi connectivity index (χ3n) is 0. The molecule has 0 aromatic rings. The van der Waals surface area contributed by atoms with Gasteiger partial charge in [-0.05, 0) is 0 Å². The largest absolute Gasteiger partial charge is 2.00 e. The first kappa shape index (κ1) is 139. The van der Waals surface area contributed by atoms with Crippen LogP contribution in [0.15, 0.2) is 0 Å². The number of hydrogen-bond acceptors (Lipinski definition) is 4. The molecule has 0 saturated heterocycles. The van der Waals surface area contributed by atoms with Gasteiger partial charge in [0.2, 0.25) is 0 Å². The Hall–Kier alpha value is 4.24. The molecule has 0 aromatic carbocycles. The first-order chi connectivity index (χ1) is 0. The van der Waals surface area contributed by atoms with E-state index < -0.39 is 0 Å². The summed E-state index contributed by atoms with van der Waals surface area (Å²) in [7, 11) is 0. The zero-order chi connectivity index (χ0) is 0. The Morgan fingerprint density at radius 1 is 0.500 bits per heavy atom. The van der Waals surface area contributed by atoms with Gasteiger partial charge in [-0.3, -0.25) is 0 Å². The summed E-state index contributed by atoms with van der Waals surface area (Å²) in [4.78, 5) is 0. The Morgan fingerprint density at radius 2 is 0.500 bits per heavy atom. The van der Waals surface area contributed by atoms with Crippen LogP contribution in [0.5, 0.6) is 0 Å². The fourth-order valence-electron chi connectivity index (χ4n) is 0. The number of rotatable bonds is 0. The summed E-state index contributed by atoms with van der Waals surface area (Å²) >= 11 is 0. The molecule has 0 radical (unpaired) electrons. The summed E-state index contributed by atoms with van der Waals surface area (Å²) in [6, 6.07) is 0. The summed E-state index contributed by atoms with van der Waals surface area (Å²) < 4.78 is 0. The second-order valence-corrected chi connectivity index (χ2v) is 0. The molecular weight excluding hydrogens is 417 g/mol. The van der Waals surface area contributed by atoms with Crippen LogP contribution in [0.1, 0.15) is 0 Å². The van der Waals surface area contributed by atoms with Gasteiger partial charge in [0, 0.05) is 43.4 Å². The van der Waals surface area contributed by atoms with Crippen LogP contribution in [-0.4, -0.2) is 127 Å². The van der Waals surface area contributed by atoms with E-state index in [1.165, 1.54) is 0 Å². The minimum absolute atomic E-state index is 0. The predicted molar refractivity (Wildman–Crippen MR) is 26.5 cm³/mol. The van der Waals surface area contributed by atoms with E-state index in [9.17, 15) is 0 Å². The van der Waals surface area contributed by atoms with E-state index in [2.05, 4.69) is 0 Å². The molecule has 0 bridgehead atoms. The van der Waals surface area contributed by atoms with E-state index in [1.54, 1.807) is 0 Å². The van der Waals surface area contributed by atoms with E-state index in [0.717, 1.165) is 0 Å². The SMILES string of the molecule is O.O.[Ba+2].[OH-].[OH-].[OH-].[OH-].[Sr+2].[Ti].[Ti]. The van der Waals surface area contributed by atoms with Crippen LogP contribution in [0.2, 0.25) is 0 Å². The molecule has 10 heavy (non-hydrogen) atoms. The van der Waals surface area contributed by atoms with Crippen molar-refractivity contribution in [2.24, 2.45) is 0 Å². The molecule has 0 unspecified atom stereocenters. The Kier molecular flexibility index (Phi) is 1530. The van der Waals surface area contributed by atoms with Crippen molar-refractivity contribution in [3.8, 4) is 0 Å². The molecule has 0 aliphatic rings. The van der Waals surface area contributed by atoms with E-state index in [0.29, 0.717) is 0 Å². The topological polar surface area (TPSA) is 183 Å². The minimum Gasteiger partial charge on any atom is -0.870 e. The monoisotopic (exact) mass is 426 g/mol. The van der Waals surface area contributed by atoms with Gasteiger partial charge in [-0.2, -0.15) is 0 Å². The van der Waals surface area contributed by atoms with E-state index in [1.807, 2.05) is 0 Å². The average molecular weight is 425 g/mol. The molecule has 8 N–H and O–H groups in total. The molecule has 0 aliphatic carbocycles. The second-order valence-electron chi connectivity index (χ2n) is 0. The molecular formula is H8BaO6SrTi2. The maximum absolute atomic E-state index is 0. The van der Waals surface area contributed by atoms with Crippen LogP contribution in [0.3, 0.4) is 0 Å². The first-order valence-electron chi connectivity index (χ1n) is 0. The van der Waals surface area contributed by atoms with Crippen molar-refractivity contribution in [2.45, 2.75) is 0 Å². The van der Waals surface area contributed by atoms with Gasteiger partial charge >= 0.3 is 94.4 Å². The van der Waals surface area contributed by atoms with Gasteiger partial charge < -0.3 is 32.9 Å². The molecule has 6 nitrogen and oxygen atoms in total. The second kappa shape index (κ2) is 110. The van der Waals surface area contributed by atoms with Crippen molar-refractivity contribution < 1.29 is 76.3 Å². The molecule has 0 aromatic heterocycles. The molecule has 0 fully saturated rings. The predicted octanol–water partition coefficient (Wildman–Crippen LogP) is -3.12. The van der Waals surface area contributed by atoms with Gasteiger partial charge in [0.15, 0.2) is 0 Å². The maximum atomic E-state index is 0. The number of hydrogen-bond donors (Lipinski definition) is 0. The Morgan fingerprint density at radius 3 is 0.500 bits per heavy atom. The zero-order valence-corrected chi connectivity index (χ0v) is 16.2. The molecule has 0 amide bonds. The van der Waals surface area contributed by atoms with Crippen LogP contribution < -0.4 is 0 Å². The third kappa shape index (κ3) is 86.0. The third-order valence-corrected chi connectivity index (χ3v) is 0. The minimum atomic E-state index is 0. The van der Waals surface area contributed by atoms with Crippen molar-refractivity contribution in [3.05, 3.63) is 0 Å². The molecule has 0 atom stereocenters. The van der Waals surface area contributed by atoms with Crippen molar-refractivity contribution in [3.63, 3.8) is 0 Å². The van der Waals surface area contributed by atoms with Crippen molar-refractivity contribution in [1.29, 1.82) is 0 Å². The molecule has 0 heterocycles. The van der Waals surface area contributed by atoms with Crippen LogP contribution in [0.25, 0.3) is 0 Å². The summed E-state index contributed by atoms with van der Waals surface area (Å²) in [5.41, 5.74) is 0. The van der Waals surface area contributed by atoms with Crippen molar-refractivity contribution in [2.75, 3.05) is 0 Å². The Balaban J connectivity index is 0. The van der Waals surface area contributed by atoms with Gasteiger partial charge in [-0.15, -0.1) is 0 Å². The maximum Gasteiger partial charge on any atom is 2.00 e. The van der Waals surface area contributed by atoms with Crippen molar-refractivity contribution in [1.82, 2.24) is 0 Å². The van der Waals surface area contributed by atoms with Crippen LogP contribution in [0.4, 0.5) is 0 Å². The molecule has 0 aliphatic heterocycles. The fourth-order valence-corrected chi connectivity index (χ4v) is 0. The summed E-state index contributed by atoms with van der Waals surface area (Å²) in [5, 5.41) is 0. The summed E-state index contributed by atoms with van der Waals surface area (Å²) in [5.74, 6) is 0. The fraction of sp³-hybridized carbons (Fsp3) is 0. The Labute approximate surface area is 166 Å². The van der Waals surface area contributed by atoms with Gasteiger partial charge in [-0.25, -0.2) is 0 Å². The van der Waals surface area contributed by atoms with Gasteiger partial charge in [-0.1, -0.05) is 0 Å². The van der Waals surface area contributed by atoms with E-state index in [-0.39, 0.29) is 171 Å². The first-order valence-corrected chi connectivity index (χ1v) is 0. The molecule has 56 valence electrons. The van der Waals surface area contributed by atoms with E-state index >= 15 is 0 Å². The summed E-state index contributed by atoms with van der Waals surface area (Å²) in [6.07, 6.45) is 0. The molecule has 0 saturated carbocycles. The van der Waals surface area contributed by atoms with Gasteiger partial charge in [0.25, 0.3) is 0 Å². The molecule has 0 spiro atoms. The molecule has 10 heteroatoms.